The summed E-state index contributed by atoms with van der Waals surface area (Å²) in [6.07, 6.45) is 0. The number of rotatable bonds is 2. The Morgan fingerprint density at radius 2 is 2.06 bits per heavy atom. The van der Waals surface area contributed by atoms with Crippen molar-refractivity contribution in [3.63, 3.8) is 0 Å². The number of hydrogen-bond donors (Lipinski definition) is 1. The lowest BCUT2D eigenvalue weighted by Gasteiger charge is -2.20. The Kier molecular flexibility index (Phi) is 2.64. The van der Waals surface area contributed by atoms with Gasteiger partial charge in [0.2, 0.25) is 0 Å². The molecule has 4 heteroatoms. The maximum atomic E-state index is 4.63. The van der Waals surface area contributed by atoms with E-state index in [4.69, 9.17) is 0 Å². The van der Waals surface area contributed by atoms with E-state index in [1.807, 2.05) is 6.07 Å². The van der Waals surface area contributed by atoms with E-state index in [0.717, 1.165) is 17.0 Å². The van der Waals surface area contributed by atoms with Gasteiger partial charge >= 0.3 is 0 Å². The van der Waals surface area contributed by atoms with Gasteiger partial charge in [-0.25, -0.2) is 4.98 Å². The standard InChI is InChI=1S/C14H17N3S/c1-14(2,3)15-8-10-9-18-13-16-11-6-4-5-7-12(11)17(10)13/h4-7,9,15H,8H2,1-3H3. The molecule has 94 valence electrons. The van der Waals surface area contributed by atoms with E-state index in [2.05, 4.69) is 59.1 Å². The van der Waals surface area contributed by atoms with Crippen molar-refractivity contribution < 1.29 is 0 Å². The van der Waals surface area contributed by atoms with Crippen molar-refractivity contribution >= 4 is 27.3 Å². The van der Waals surface area contributed by atoms with Crippen LogP contribution in [0.2, 0.25) is 0 Å². The lowest BCUT2D eigenvalue weighted by Crippen LogP contribution is -2.35. The largest absolute Gasteiger partial charge is 0.306 e. The number of nitrogens with one attached hydrogen (secondary N) is 1. The fourth-order valence-corrected chi connectivity index (χ4v) is 2.91. The van der Waals surface area contributed by atoms with Crippen molar-refractivity contribution in [2.75, 3.05) is 0 Å². The Hall–Kier alpha value is -1.39. The third kappa shape index (κ3) is 2.02. The Morgan fingerprint density at radius 1 is 1.28 bits per heavy atom. The van der Waals surface area contributed by atoms with E-state index in [9.17, 15) is 0 Å². The van der Waals surface area contributed by atoms with Crippen LogP contribution in [0, 0.1) is 0 Å². The number of hydrogen-bond acceptors (Lipinski definition) is 3. The van der Waals surface area contributed by atoms with Crippen LogP contribution in [0.5, 0.6) is 0 Å². The molecule has 0 atom stereocenters. The van der Waals surface area contributed by atoms with Crippen molar-refractivity contribution in [1.82, 2.24) is 14.7 Å². The lowest BCUT2D eigenvalue weighted by molar-refractivity contribution is 0.421. The molecule has 0 aliphatic rings. The Bertz CT molecular complexity index is 688. The predicted octanol–water partition coefficient (Wildman–Crippen LogP) is 3.44. The minimum Gasteiger partial charge on any atom is -0.306 e. The van der Waals surface area contributed by atoms with E-state index >= 15 is 0 Å². The van der Waals surface area contributed by atoms with Crippen LogP contribution in [0.15, 0.2) is 29.6 Å². The molecule has 18 heavy (non-hydrogen) atoms. The Morgan fingerprint density at radius 3 is 2.83 bits per heavy atom. The summed E-state index contributed by atoms with van der Waals surface area (Å²) in [5.41, 5.74) is 3.67. The molecule has 0 spiro atoms. The highest BCUT2D eigenvalue weighted by atomic mass is 32.1. The van der Waals surface area contributed by atoms with Crippen molar-refractivity contribution in [1.29, 1.82) is 0 Å². The van der Waals surface area contributed by atoms with Crippen molar-refractivity contribution in [3.8, 4) is 0 Å². The molecule has 0 radical (unpaired) electrons. The minimum atomic E-state index is 0.130. The quantitative estimate of drug-likeness (QED) is 0.764. The van der Waals surface area contributed by atoms with Crippen molar-refractivity contribution in [2.24, 2.45) is 0 Å². The van der Waals surface area contributed by atoms with E-state index in [1.54, 1.807) is 11.3 Å². The molecule has 0 saturated heterocycles. The van der Waals surface area contributed by atoms with Gasteiger partial charge in [-0.05, 0) is 32.9 Å². The van der Waals surface area contributed by atoms with Crippen LogP contribution < -0.4 is 5.32 Å². The molecule has 0 amide bonds. The molecule has 3 rings (SSSR count). The molecule has 0 aliphatic heterocycles. The second kappa shape index (κ2) is 4.07. The highest BCUT2D eigenvalue weighted by molar-refractivity contribution is 7.15. The first kappa shape index (κ1) is 11.7. The van der Waals surface area contributed by atoms with Gasteiger partial charge < -0.3 is 5.32 Å². The minimum absolute atomic E-state index is 0.130. The summed E-state index contributed by atoms with van der Waals surface area (Å²) >= 11 is 1.70. The van der Waals surface area contributed by atoms with Crippen LogP contribution >= 0.6 is 11.3 Å². The molecular weight excluding hydrogens is 242 g/mol. The van der Waals surface area contributed by atoms with Gasteiger partial charge in [-0.2, -0.15) is 0 Å². The maximum absolute atomic E-state index is 4.63. The first-order valence-corrected chi connectivity index (χ1v) is 7.01. The van der Waals surface area contributed by atoms with Gasteiger partial charge in [0.05, 0.1) is 11.0 Å². The third-order valence-corrected chi connectivity index (χ3v) is 3.79. The molecule has 3 nitrogen and oxygen atoms in total. The van der Waals surface area contributed by atoms with Gasteiger partial charge in [-0.3, -0.25) is 4.40 Å². The number of imidazole rings is 1. The van der Waals surface area contributed by atoms with Gasteiger partial charge in [0.25, 0.3) is 0 Å². The fourth-order valence-electron chi connectivity index (χ4n) is 2.01. The average Bonchev–Trinajstić information content (AvgIpc) is 2.83. The van der Waals surface area contributed by atoms with E-state index < -0.39 is 0 Å². The molecule has 2 aromatic heterocycles. The normalized spacial score (nSPS) is 12.6. The SMILES string of the molecule is CC(C)(C)NCc1csc2nc3ccccc3n12. The summed E-state index contributed by atoms with van der Waals surface area (Å²) in [5.74, 6) is 0. The molecule has 3 aromatic rings. The van der Waals surface area contributed by atoms with Crippen LogP contribution in [-0.4, -0.2) is 14.9 Å². The molecule has 0 unspecified atom stereocenters. The van der Waals surface area contributed by atoms with E-state index in [1.165, 1.54) is 11.2 Å². The maximum Gasteiger partial charge on any atom is 0.194 e. The molecule has 0 fully saturated rings. The summed E-state index contributed by atoms with van der Waals surface area (Å²) in [4.78, 5) is 5.71. The molecule has 1 aromatic carbocycles. The fraction of sp³-hybridized carbons (Fsp3) is 0.357. The number of aromatic nitrogens is 2. The van der Waals surface area contributed by atoms with Gasteiger partial charge in [-0.15, -0.1) is 11.3 Å². The zero-order valence-corrected chi connectivity index (χ0v) is 11.7. The summed E-state index contributed by atoms with van der Waals surface area (Å²) in [5, 5.41) is 5.72. The highest BCUT2D eigenvalue weighted by Gasteiger charge is 2.13. The zero-order valence-electron chi connectivity index (χ0n) is 10.9. The topological polar surface area (TPSA) is 29.3 Å². The summed E-state index contributed by atoms with van der Waals surface area (Å²) < 4.78 is 2.25. The Labute approximate surface area is 110 Å². The molecule has 0 aliphatic carbocycles. The molecule has 0 saturated carbocycles. The van der Waals surface area contributed by atoms with Crippen LogP contribution in [0.1, 0.15) is 26.5 Å². The monoisotopic (exact) mass is 259 g/mol. The van der Waals surface area contributed by atoms with Crippen LogP contribution in [0.4, 0.5) is 0 Å². The number of benzene rings is 1. The third-order valence-electron chi connectivity index (χ3n) is 2.92. The van der Waals surface area contributed by atoms with Gasteiger partial charge in [-0.1, -0.05) is 12.1 Å². The van der Waals surface area contributed by atoms with Crippen molar-refractivity contribution in [2.45, 2.75) is 32.9 Å². The predicted molar refractivity (Wildman–Crippen MR) is 77.2 cm³/mol. The van der Waals surface area contributed by atoms with Gasteiger partial charge in [0.15, 0.2) is 4.96 Å². The first-order chi connectivity index (χ1) is 8.54. The highest BCUT2D eigenvalue weighted by Crippen LogP contribution is 2.23. The molecule has 1 N–H and O–H groups in total. The number of thiazole rings is 1. The van der Waals surface area contributed by atoms with Crippen LogP contribution in [-0.2, 0) is 6.54 Å². The number of fused-ring (bicyclic) bond motifs is 3. The van der Waals surface area contributed by atoms with E-state index in [0.29, 0.717) is 0 Å². The second-order valence-electron chi connectivity index (χ2n) is 5.55. The van der Waals surface area contributed by atoms with Crippen LogP contribution in [0.25, 0.3) is 16.0 Å². The van der Waals surface area contributed by atoms with Crippen LogP contribution in [0.3, 0.4) is 0 Å². The average molecular weight is 259 g/mol. The van der Waals surface area contributed by atoms with Crippen molar-refractivity contribution in [3.05, 3.63) is 35.3 Å². The second-order valence-corrected chi connectivity index (χ2v) is 6.39. The summed E-state index contributed by atoms with van der Waals surface area (Å²) in [7, 11) is 0. The van der Waals surface area contributed by atoms with Gasteiger partial charge in [0.1, 0.15) is 0 Å². The number of nitrogens with zero attached hydrogens (tertiary/aromatic N) is 2. The summed E-state index contributed by atoms with van der Waals surface area (Å²) in [6, 6.07) is 8.29. The molecule has 0 bridgehead atoms. The summed E-state index contributed by atoms with van der Waals surface area (Å²) in [6.45, 7) is 7.41. The van der Waals surface area contributed by atoms with E-state index in [-0.39, 0.29) is 5.54 Å². The number of para-hydroxylation sites is 2. The smallest absolute Gasteiger partial charge is 0.194 e. The lowest BCUT2D eigenvalue weighted by atomic mass is 10.1. The first-order valence-electron chi connectivity index (χ1n) is 6.13. The molecular formula is C14H17N3S. The van der Waals surface area contributed by atoms with Gasteiger partial charge in [0, 0.05) is 23.2 Å². The Balaban J connectivity index is 2.07. The molecule has 2 heterocycles. The zero-order chi connectivity index (χ0) is 12.8.